The van der Waals surface area contributed by atoms with E-state index in [1.807, 2.05) is 24.3 Å². The summed E-state index contributed by atoms with van der Waals surface area (Å²) in [5.41, 5.74) is 8.93. The molecular formula is C48H31N3O2. The van der Waals surface area contributed by atoms with E-state index in [2.05, 4.69) is 134 Å². The molecule has 0 saturated heterocycles. The van der Waals surface area contributed by atoms with Crippen molar-refractivity contribution >= 4 is 66.1 Å². The smallest absolute Gasteiger partial charge is 0.164 e. The van der Waals surface area contributed by atoms with Gasteiger partial charge >= 0.3 is 0 Å². The third kappa shape index (κ3) is 4.81. The van der Waals surface area contributed by atoms with Crippen molar-refractivity contribution < 1.29 is 8.83 Å². The Balaban J connectivity index is 1.10. The van der Waals surface area contributed by atoms with Crippen molar-refractivity contribution in [3.05, 3.63) is 162 Å². The molecule has 250 valence electrons. The number of para-hydroxylation sites is 2. The van der Waals surface area contributed by atoms with Crippen LogP contribution in [0.25, 0.3) is 100 Å². The van der Waals surface area contributed by atoms with Crippen molar-refractivity contribution in [1.82, 2.24) is 15.0 Å². The van der Waals surface area contributed by atoms with Crippen molar-refractivity contribution in [3.8, 4) is 34.2 Å². The maximum Gasteiger partial charge on any atom is 0.164 e. The first kappa shape index (κ1) is 29.8. The summed E-state index contributed by atoms with van der Waals surface area (Å²) in [6.45, 7) is 2.28. The number of nitrogens with zero attached hydrogens (tertiary/aromatic N) is 3. The van der Waals surface area contributed by atoms with E-state index in [0.29, 0.717) is 17.5 Å². The molecule has 53 heavy (non-hydrogen) atoms. The molecule has 1 aliphatic rings. The van der Waals surface area contributed by atoms with E-state index in [1.165, 1.54) is 21.9 Å². The van der Waals surface area contributed by atoms with Crippen LogP contribution in [0.15, 0.2) is 154 Å². The van der Waals surface area contributed by atoms with Crippen LogP contribution in [0.4, 0.5) is 0 Å². The molecule has 1 unspecified atom stereocenters. The molecule has 3 aromatic heterocycles. The summed E-state index contributed by atoms with van der Waals surface area (Å²) in [5.74, 6) is 2.93. The summed E-state index contributed by atoms with van der Waals surface area (Å²) in [6, 6.07) is 50.4. The number of benzene rings is 7. The molecule has 0 N–H and O–H groups in total. The number of hydrogen-bond acceptors (Lipinski definition) is 5. The highest BCUT2D eigenvalue weighted by molar-refractivity contribution is 6.10. The second-order valence-electron chi connectivity index (χ2n) is 14.0. The molecule has 10 aromatic rings. The predicted molar refractivity (Wildman–Crippen MR) is 216 cm³/mol. The second kappa shape index (κ2) is 11.6. The fourth-order valence-corrected chi connectivity index (χ4v) is 8.22. The van der Waals surface area contributed by atoms with E-state index in [0.717, 1.165) is 78.1 Å². The Hall–Kier alpha value is -6.85. The standard InChI is InChI=1S/C48H31N3O2/c1-28-24-35(36-15-8-16-38-37-14-6-7-18-40(37)53-45(36)38)27-42-43(28)44-39(17-9-19-41(44)52-42)48-50-46(33-22-20-29-10-2-4-12-31(29)25-33)49-47(51-48)34-23-21-30-11-3-5-13-32(30)26-34/h2-23,25-28H,24H2,1H3. The lowest BCUT2D eigenvalue weighted by Gasteiger charge is -2.20. The summed E-state index contributed by atoms with van der Waals surface area (Å²) in [7, 11) is 0. The van der Waals surface area contributed by atoms with E-state index in [-0.39, 0.29) is 5.92 Å². The maximum absolute atomic E-state index is 6.69. The predicted octanol–water partition coefficient (Wildman–Crippen LogP) is 12.9. The van der Waals surface area contributed by atoms with Crippen LogP contribution in [0.1, 0.15) is 36.1 Å². The summed E-state index contributed by atoms with van der Waals surface area (Å²) >= 11 is 0. The molecule has 0 fully saturated rings. The highest BCUT2D eigenvalue weighted by atomic mass is 16.3. The Kier molecular flexibility index (Phi) is 6.52. The van der Waals surface area contributed by atoms with Gasteiger partial charge in [-0.2, -0.15) is 0 Å². The van der Waals surface area contributed by atoms with Gasteiger partial charge in [-0.05, 0) is 69.8 Å². The molecule has 11 rings (SSSR count). The van der Waals surface area contributed by atoms with Crippen LogP contribution >= 0.6 is 0 Å². The Morgan fingerprint density at radius 2 is 1.09 bits per heavy atom. The molecule has 0 aliphatic heterocycles. The third-order valence-corrected chi connectivity index (χ3v) is 10.7. The van der Waals surface area contributed by atoms with E-state index >= 15 is 0 Å². The van der Waals surface area contributed by atoms with E-state index in [4.69, 9.17) is 23.8 Å². The zero-order valence-corrected chi connectivity index (χ0v) is 28.9. The molecule has 0 bridgehead atoms. The topological polar surface area (TPSA) is 65.0 Å². The summed E-state index contributed by atoms with van der Waals surface area (Å²) < 4.78 is 13.1. The van der Waals surface area contributed by atoms with Gasteiger partial charge in [-0.25, -0.2) is 15.0 Å². The number of allylic oxidation sites excluding steroid dienone is 1. The van der Waals surface area contributed by atoms with Crippen LogP contribution in [0, 0.1) is 0 Å². The van der Waals surface area contributed by atoms with Gasteiger partial charge in [0.1, 0.15) is 22.5 Å². The van der Waals surface area contributed by atoms with Gasteiger partial charge in [0.2, 0.25) is 0 Å². The first-order valence-corrected chi connectivity index (χ1v) is 18.1. The van der Waals surface area contributed by atoms with Crippen molar-refractivity contribution in [2.24, 2.45) is 0 Å². The van der Waals surface area contributed by atoms with E-state index in [9.17, 15) is 0 Å². The lowest BCUT2D eigenvalue weighted by Crippen LogP contribution is -2.04. The summed E-state index contributed by atoms with van der Waals surface area (Å²) in [5, 5.41) is 7.93. The monoisotopic (exact) mass is 681 g/mol. The normalized spacial score (nSPS) is 14.4. The van der Waals surface area contributed by atoms with Gasteiger partial charge in [-0.3, -0.25) is 0 Å². The fraction of sp³-hybridized carbons (Fsp3) is 0.0625. The van der Waals surface area contributed by atoms with E-state index in [1.54, 1.807) is 0 Å². The number of furan rings is 2. The Labute approximate surface area is 304 Å². The fourth-order valence-electron chi connectivity index (χ4n) is 8.22. The average molecular weight is 682 g/mol. The SMILES string of the molecule is CC1CC(c2cccc3c2oc2ccccc23)=Cc2oc3cccc(-c4nc(-c5ccc6ccccc6c5)nc(-c5ccc6ccccc6c5)n4)c3c21. The van der Waals surface area contributed by atoms with Gasteiger partial charge in [0.15, 0.2) is 17.5 Å². The Morgan fingerprint density at radius 3 is 1.83 bits per heavy atom. The molecule has 3 heterocycles. The van der Waals surface area contributed by atoms with E-state index < -0.39 is 0 Å². The minimum absolute atomic E-state index is 0.175. The van der Waals surface area contributed by atoms with Gasteiger partial charge in [0.05, 0.1) is 0 Å². The molecule has 0 amide bonds. The lowest BCUT2D eigenvalue weighted by atomic mass is 9.82. The zero-order valence-electron chi connectivity index (χ0n) is 28.9. The first-order chi connectivity index (χ1) is 26.1. The van der Waals surface area contributed by atoms with Crippen molar-refractivity contribution in [1.29, 1.82) is 0 Å². The van der Waals surface area contributed by atoms with Gasteiger partial charge < -0.3 is 8.83 Å². The minimum Gasteiger partial charge on any atom is -0.456 e. The van der Waals surface area contributed by atoms with Crippen LogP contribution in [-0.4, -0.2) is 15.0 Å². The molecule has 5 heteroatoms. The molecule has 1 aliphatic carbocycles. The molecule has 5 nitrogen and oxygen atoms in total. The molecule has 0 radical (unpaired) electrons. The highest BCUT2D eigenvalue weighted by Crippen LogP contribution is 2.47. The summed E-state index contributed by atoms with van der Waals surface area (Å²) in [6.07, 6.45) is 3.05. The van der Waals surface area contributed by atoms with Crippen LogP contribution < -0.4 is 0 Å². The largest absolute Gasteiger partial charge is 0.456 e. The minimum atomic E-state index is 0.175. The zero-order chi connectivity index (χ0) is 35.0. The second-order valence-corrected chi connectivity index (χ2v) is 14.0. The molecule has 1 atom stereocenters. The number of fused-ring (bicyclic) bond motifs is 8. The first-order valence-electron chi connectivity index (χ1n) is 18.1. The van der Waals surface area contributed by atoms with Gasteiger partial charge in [0.25, 0.3) is 0 Å². The maximum atomic E-state index is 6.69. The van der Waals surface area contributed by atoms with Gasteiger partial charge in [-0.1, -0.05) is 128 Å². The molecule has 0 spiro atoms. The number of hydrogen-bond donors (Lipinski definition) is 0. The Bertz CT molecular complexity index is 3030. The quantitative estimate of drug-likeness (QED) is 0.185. The average Bonchev–Trinajstić information content (AvgIpc) is 3.79. The van der Waals surface area contributed by atoms with Gasteiger partial charge in [-0.15, -0.1) is 0 Å². The summed E-state index contributed by atoms with van der Waals surface area (Å²) in [4.78, 5) is 15.5. The number of rotatable bonds is 4. The van der Waals surface area contributed by atoms with Gasteiger partial charge in [0, 0.05) is 44.0 Å². The van der Waals surface area contributed by atoms with Crippen LogP contribution in [0.5, 0.6) is 0 Å². The molecule has 7 aromatic carbocycles. The highest BCUT2D eigenvalue weighted by Gasteiger charge is 2.29. The number of aromatic nitrogens is 3. The third-order valence-electron chi connectivity index (χ3n) is 10.7. The van der Waals surface area contributed by atoms with Crippen LogP contribution in [0.3, 0.4) is 0 Å². The van der Waals surface area contributed by atoms with Crippen molar-refractivity contribution in [2.45, 2.75) is 19.3 Å². The van der Waals surface area contributed by atoms with Crippen LogP contribution in [-0.2, 0) is 0 Å². The van der Waals surface area contributed by atoms with Crippen molar-refractivity contribution in [3.63, 3.8) is 0 Å². The molecule has 0 saturated carbocycles. The van der Waals surface area contributed by atoms with Crippen LogP contribution in [0.2, 0.25) is 0 Å². The molecular weight excluding hydrogens is 651 g/mol. The van der Waals surface area contributed by atoms with Crippen molar-refractivity contribution in [2.75, 3.05) is 0 Å². The Morgan fingerprint density at radius 1 is 0.509 bits per heavy atom. The lowest BCUT2D eigenvalue weighted by molar-refractivity contribution is 0.588.